The van der Waals surface area contributed by atoms with Crippen molar-refractivity contribution in [3.8, 4) is 0 Å². The van der Waals surface area contributed by atoms with Crippen LogP contribution < -0.4 is 0 Å². The molecule has 0 aromatic rings. The summed E-state index contributed by atoms with van der Waals surface area (Å²) in [5, 5.41) is 0. The monoisotopic (exact) mass is 175 g/mol. The van der Waals surface area contributed by atoms with E-state index in [0.717, 1.165) is 19.6 Å². The van der Waals surface area contributed by atoms with Crippen LogP contribution in [0.3, 0.4) is 0 Å². The molecule has 0 spiro atoms. The summed E-state index contributed by atoms with van der Waals surface area (Å²) in [7, 11) is 3.43. The van der Waals surface area contributed by atoms with Gasteiger partial charge >= 0.3 is 0 Å². The highest BCUT2D eigenvalue weighted by atomic mass is 16.5. The minimum absolute atomic E-state index is 0.204. The third kappa shape index (κ3) is 4.70. The first-order chi connectivity index (χ1) is 5.78. The molecule has 0 saturated carbocycles. The van der Waals surface area contributed by atoms with Gasteiger partial charge in [-0.1, -0.05) is 13.8 Å². The Hall–Kier alpha value is -0.120. The van der Waals surface area contributed by atoms with Crippen molar-refractivity contribution >= 4 is 0 Å². The van der Waals surface area contributed by atoms with Crippen LogP contribution in [0.1, 0.15) is 13.8 Å². The Kier molecular flexibility index (Phi) is 7.45. The molecule has 0 N–H and O–H groups in total. The van der Waals surface area contributed by atoms with Gasteiger partial charge < -0.3 is 14.4 Å². The van der Waals surface area contributed by atoms with Gasteiger partial charge in [-0.3, -0.25) is 0 Å². The highest BCUT2D eigenvalue weighted by Crippen LogP contribution is 1.96. The van der Waals surface area contributed by atoms with Gasteiger partial charge in [0.25, 0.3) is 0 Å². The fourth-order valence-corrected chi connectivity index (χ4v) is 1.15. The number of likely N-dealkylation sites (N-methyl/N-ethyl adjacent to an activating group) is 1. The molecule has 74 valence electrons. The van der Waals surface area contributed by atoms with E-state index in [1.165, 1.54) is 0 Å². The lowest BCUT2D eigenvalue weighted by Crippen LogP contribution is -2.35. The zero-order valence-electron chi connectivity index (χ0n) is 8.67. The smallest absolute Gasteiger partial charge is 0.0931 e. The van der Waals surface area contributed by atoms with E-state index in [2.05, 4.69) is 18.7 Å². The second kappa shape index (κ2) is 7.53. The second-order valence-corrected chi connectivity index (χ2v) is 2.80. The molecule has 0 aromatic carbocycles. The van der Waals surface area contributed by atoms with Crippen LogP contribution in [0.25, 0.3) is 0 Å². The SMILES string of the molecule is CCN(CC)CC(COC)OC. The lowest BCUT2D eigenvalue weighted by Gasteiger charge is -2.23. The summed E-state index contributed by atoms with van der Waals surface area (Å²) >= 11 is 0. The molecule has 0 saturated heterocycles. The van der Waals surface area contributed by atoms with Crippen molar-refractivity contribution in [3.63, 3.8) is 0 Å². The Labute approximate surface area is 75.6 Å². The summed E-state index contributed by atoms with van der Waals surface area (Å²) in [5.74, 6) is 0. The van der Waals surface area contributed by atoms with Gasteiger partial charge in [-0.05, 0) is 13.1 Å². The maximum atomic E-state index is 5.26. The largest absolute Gasteiger partial charge is 0.382 e. The van der Waals surface area contributed by atoms with Crippen molar-refractivity contribution in [1.82, 2.24) is 4.90 Å². The summed E-state index contributed by atoms with van der Waals surface area (Å²) in [6, 6.07) is 0. The lowest BCUT2D eigenvalue weighted by molar-refractivity contribution is 0.00781. The molecule has 0 rings (SSSR count). The quantitative estimate of drug-likeness (QED) is 0.576. The molecular weight excluding hydrogens is 154 g/mol. The van der Waals surface area contributed by atoms with Crippen molar-refractivity contribution in [2.24, 2.45) is 0 Å². The van der Waals surface area contributed by atoms with Crippen molar-refractivity contribution in [1.29, 1.82) is 0 Å². The first-order valence-electron chi connectivity index (χ1n) is 4.52. The van der Waals surface area contributed by atoms with Crippen molar-refractivity contribution in [2.45, 2.75) is 20.0 Å². The van der Waals surface area contributed by atoms with Crippen LogP contribution in [0.4, 0.5) is 0 Å². The van der Waals surface area contributed by atoms with E-state index in [9.17, 15) is 0 Å². The molecule has 0 aliphatic rings. The average molecular weight is 175 g/mol. The number of ether oxygens (including phenoxy) is 2. The summed E-state index contributed by atoms with van der Waals surface area (Å²) in [5.41, 5.74) is 0. The zero-order valence-corrected chi connectivity index (χ0v) is 8.67. The van der Waals surface area contributed by atoms with Gasteiger partial charge in [0, 0.05) is 20.8 Å². The van der Waals surface area contributed by atoms with E-state index in [-0.39, 0.29) is 6.10 Å². The van der Waals surface area contributed by atoms with Crippen LogP contribution in [0, 0.1) is 0 Å². The predicted octanol–water partition coefficient (Wildman–Crippen LogP) is 0.990. The molecule has 0 amide bonds. The number of hydrogen-bond donors (Lipinski definition) is 0. The predicted molar refractivity (Wildman–Crippen MR) is 50.5 cm³/mol. The normalized spacial score (nSPS) is 13.8. The molecular formula is C9H21NO2. The maximum absolute atomic E-state index is 5.26. The standard InChI is InChI=1S/C9H21NO2/c1-5-10(6-2)7-9(12-4)8-11-3/h9H,5-8H2,1-4H3. The Morgan fingerprint density at radius 1 is 1.17 bits per heavy atom. The molecule has 3 heteroatoms. The minimum atomic E-state index is 0.204. The molecule has 0 aliphatic heterocycles. The topological polar surface area (TPSA) is 21.7 Å². The Morgan fingerprint density at radius 3 is 2.08 bits per heavy atom. The number of rotatable bonds is 7. The fourth-order valence-electron chi connectivity index (χ4n) is 1.15. The minimum Gasteiger partial charge on any atom is -0.382 e. The van der Waals surface area contributed by atoms with Gasteiger partial charge in [0.05, 0.1) is 12.7 Å². The molecule has 0 aliphatic carbocycles. The maximum Gasteiger partial charge on any atom is 0.0931 e. The first kappa shape index (κ1) is 11.9. The molecule has 0 fully saturated rings. The lowest BCUT2D eigenvalue weighted by atomic mass is 10.3. The average Bonchev–Trinajstić information content (AvgIpc) is 2.12. The highest BCUT2D eigenvalue weighted by Gasteiger charge is 2.10. The van der Waals surface area contributed by atoms with E-state index in [0.29, 0.717) is 6.61 Å². The molecule has 1 unspecified atom stereocenters. The molecule has 1 atom stereocenters. The first-order valence-corrected chi connectivity index (χ1v) is 4.52. The Bertz CT molecular complexity index is 94.5. The third-order valence-corrected chi connectivity index (χ3v) is 2.04. The van der Waals surface area contributed by atoms with Gasteiger partial charge in [0.15, 0.2) is 0 Å². The number of hydrogen-bond acceptors (Lipinski definition) is 3. The summed E-state index contributed by atoms with van der Waals surface area (Å²) < 4.78 is 10.3. The van der Waals surface area contributed by atoms with Gasteiger partial charge in [-0.25, -0.2) is 0 Å². The van der Waals surface area contributed by atoms with Crippen LogP contribution in [-0.4, -0.2) is 51.5 Å². The van der Waals surface area contributed by atoms with Crippen molar-refractivity contribution < 1.29 is 9.47 Å². The van der Waals surface area contributed by atoms with Gasteiger partial charge in [-0.2, -0.15) is 0 Å². The fraction of sp³-hybridized carbons (Fsp3) is 1.00. The van der Waals surface area contributed by atoms with Crippen LogP contribution >= 0.6 is 0 Å². The zero-order chi connectivity index (χ0) is 9.40. The second-order valence-electron chi connectivity index (χ2n) is 2.80. The van der Waals surface area contributed by atoms with Gasteiger partial charge in [-0.15, -0.1) is 0 Å². The summed E-state index contributed by atoms with van der Waals surface area (Å²) in [4.78, 5) is 2.33. The third-order valence-electron chi connectivity index (χ3n) is 2.04. The van der Waals surface area contributed by atoms with Gasteiger partial charge in [0.1, 0.15) is 0 Å². The Balaban J connectivity index is 3.65. The van der Waals surface area contributed by atoms with Crippen molar-refractivity contribution in [3.05, 3.63) is 0 Å². The van der Waals surface area contributed by atoms with Crippen LogP contribution in [0.15, 0.2) is 0 Å². The van der Waals surface area contributed by atoms with Gasteiger partial charge in [0.2, 0.25) is 0 Å². The van der Waals surface area contributed by atoms with E-state index in [1.807, 2.05) is 0 Å². The Morgan fingerprint density at radius 2 is 1.75 bits per heavy atom. The summed E-state index contributed by atoms with van der Waals surface area (Å²) in [6.45, 7) is 8.08. The van der Waals surface area contributed by atoms with E-state index < -0.39 is 0 Å². The number of nitrogens with zero attached hydrogens (tertiary/aromatic N) is 1. The van der Waals surface area contributed by atoms with E-state index in [1.54, 1.807) is 14.2 Å². The van der Waals surface area contributed by atoms with E-state index in [4.69, 9.17) is 9.47 Å². The molecule has 0 bridgehead atoms. The summed E-state index contributed by atoms with van der Waals surface area (Å²) in [6.07, 6.45) is 0.204. The van der Waals surface area contributed by atoms with Crippen molar-refractivity contribution in [2.75, 3.05) is 40.5 Å². The molecule has 3 nitrogen and oxygen atoms in total. The molecule has 0 aromatic heterocycles. The molecule has 0 radical (unpaired) electrons. The molecule has 12 heavy (non-hydrogen) atoms. The number of methoxy groups -OCH3 is 2. The van der Waals surface area contributed by atoms with Crippen LogP contribution in [0.2, 0.25) is 0 Å². The van der Waals surface area contributed by atoms with Crippen LogP contribution in [-0.2, 0) is 9.47 Å². The van der Waals surface area contributed by atoms with Crippen LogP contribution in [0.5, 0.6) is 0 Å². The molecule has 0 heterocycles. The van der Waals surface area contributed by atoms with E-state index >= 15 is 0 Å². The highest BCUT2D eigenvalue weighted by molar-refractivity contribution is 4.62.